The third-order valence-corrected chi connectivity index (χ3v) is 5.52. The minimum absolute atomic E-state index is 0.0914. The smallest absolute Gasteiger partial charge is 0.321 e. The molecule has 1 aliphatic heterocycles. The third kappa shape index (κ3) is 4.31. The summed E-state index contributed by atoms with van der Waals surface area (Å²) in [5, 5.41) is 14.6. The molecule has 5 heteroatoms. The molecule has 0 radical (unpaired) electrons. The summed E-state index contributed by atoms with van der Waals surface area (Å²) in [7, 11) is 0. The summed E-state index contributed by atoms with van der Waals surface area (Å²) in [6.45, 7) is 1.32. The van der Waals surface area contributed by atoms with Crippen LogP contribution in [0.2, 0.25) is 0 Å². The minimum atomic E-state index is -0.362. The van der Waals surface area contributed by atoms with Crippen molar-refractivity contribution < 1.29 is 9.90 Å². The number of piperidine rings is 1. The van der Waals surface area contributed by atoms with E-state index in [2.05, 4.69) is 10.3 Å². The second-order valence-corrected chi connectivity index (χ2v) is 7.42. The highest BCUT2D eigenvalue weighted by Gasteiger charge is 2.27. The Bertz CT molecular complexity index is 937. The van der Waals surface area contributed by atoms with Crippen molar-refractivity contribution in [2.24, 2.45) is 5.92 Å². The van der Waals surface area contributed by atoms with Gasteiger partial charge in [-0.2, -0.15) is 0 Å². The Hall–Kier alpha value is -2.92. The van der Waals surface area contributed by atoms with Crippen LogP contribution in [0.3, 0.4) is 0 Å². The lowest BCUT2D eigenvalue weighted by Gasteiger charge is -2.34. The number of nitrogens with zero attached hydrogens (tertiary/aromatic N) is 2. The van der Waals surface area contributed by atoms with Crippen molar-refractivity contribution in [1.29, 1.82) is 0 Å². The number of hydrogen-bond donors (Lipinski definition) is 2. The summed E-state index contributed by atoms with van der Waals surface area (Å²) in [6.07, 6.45) is 3.70. The van der Waals surface area contributed by atoms with Crippen LogP contribution in [0.25, 0.3) is 10.9 Å². The molecule has 0 saturated carbocycles. The van der Waals surface area contributed by atoms with Gasteiger partial charge in [0.25, 0.3) is 0 Å². The molecular formula is C23H25N3O2. The first-order chi connectivity index (χ1) is 13.7. The highest BCUT2D eigenvalue weighted by Crippen LogP contribution is 2.24. The number of amides is 2. The number of benzene rings is 2. The van der Waals surface area contributed by atoms with Crippen molar-refractivity contribution in [3.63, 3.8) is 0 Å². The molecule has 0 unspecified atom stereocenters. The van der Waals surface area contributed by atoms with Gasteiger partial charge in [0.15, 0.2) is 0 Å². The number of anilines is 1. The van der Waals surface area contributed by atoms with E-state index in [1.54, 1.807) is 6.20 Å². The number of aliphatic hydroxyl groups is 1. The molecule has 2 N–H and O–H groups in total. The normalized spacial score (nSPS) is 16.1. The summed E-state index contributed by atoms with van der Waals surface area (Å²) in [6, 6.07) is 19.6. The van der Waals surface area contributed by atoms with Crippen LogP contribution in [0.15, 0.2) is 66.9 Å². The monoisotopic (exact) mass is 375 g/mol. The van der Waals surface area contributed by atoms with Crippen LogP contribution in [0.1, 0.15) is 18.4 Å². The molecule has 0 spiro atoms. The maximum absolute atomic E-state index is 12.6. The van der Waals surface area contributed by atoms with Gasteiger partial charge in [0.1, 0.15) is 0 Å². The van der Waals surface area contributed by atoms with Gasteiger partial charge in [-0.3, -0.25) is 4.98 Å². The van der Waals surface area contributed by atoms with Gasteiger partial charge in [0, 0.05) is 30.4 Å². The van der Waals surface area contributed by atoms with Crippen molar-refractivity contribution in [2.45, 2.75) is 25.4 Å². The van der Waals surface area contributed by atoms with E-state index in [4.69, 9.17) is 0 Å². The van der Waals surface area contributed by atoms with Gasteiger partial charge in [-0.15, -0.1) is 0 Å². The summed E-state index contributed by atoms with van der Waals surface area (Å²) < 4.78 is 0. The molecule has 1 fully saturated rings. The van der Waals surface area contributed by atoms with Crippen molar-refractivity contribution in [3.05, 3.63) is 72.4 Å². The number of likely N-dealkylation sites (tertiary alicyclic amines) is 1. The Morgan fingerprint density at radius 3 is 2.68 bits per heavy atom. The lowest BCUT2D eigenvalue weighted by atomic mass is 9.88. The van der Waals surface area contributed by atoms with Crippen LogP contribution in [-0.4, -0.2) is 40.2 Å². The molecule has 28 heavy (non-hydrogen) atoms. The van der Waals surface area contributed by atoms with E-state index in [0.29, 0.717) is 19.5 Å². The van der Waals surface area contributed by atoms with Crippen molar-refractivity contribution >= 4 is 22.6 Å². The second kappa shape index (κ2) is 8.40. The van der Waals surface area contributed by atoms with Crippen molar-refractivity contribution in [3.8, 4) is 0 Å². The maximum Gasteiger partial charge on any atom is 0.321 e. The molecule has 2 aromatic carbocycles. The quantitative estimate of drug-likeness (QED) is 0.722. The molecule has 1 aromatic heterocycles. The molecule has 2 heterocycles. The molecule has 1 saturated heterocycles. The fourth-order valence-corrected chi connectivity index (χ4v) is 3.86. The van der Waals surface area contributed by atoms with Crippen LogP contribution in [0, 0.1) is 5.92 Å². The zero-order chi connectivity index (χ0) is 19.3. The average molecular weight is 375 g/mol. The van der Waals surface area contributed by atoms with Crippen LogP contribution in [-0.2, 0) is 6.42 Å². The van der Waals surface area contributed by atoms with Gasteiger partial charge in [-0.1, -0.05) is 42.5 Å². The summed E-state index contributed by atoms with van der Waals surface area (Å²) >= 11 is 0. The molecule has 3 aromatic rings. The van der Waals surface area contributed by atoms with Crippen LogP contribution in [0.5, 0.6) is 0 Å². The standard InChI is InChI=1S/C23H25N3O2/c27-22(15-17-5-2-1-3-6-17)19-10-13-26(14-11-19)23(28)25-20-9-8-18-7-4-12-24-21(18)16-20/h1-9,12,16,19,22,27H,10-11,13-15H2,(H,25,28)/t22-/m0/s1. The molecule has 5 nitrogen and oxygen atoms in total. The highest BCUT2D eigenvalue weighted by molar-refractivity contribution is 5.92. The lowest BCUT2D eigenvalue weighted by molar-refractivity contribution is 0.0689. The largest absolute Gasteiger partial charge is 0.392 e. The van der Waals surface area contributed by atoms with Crippen LogP contribution < -0.4 is 5.32 Å². The first-order valence-corrected chi connectivity index (χ1v) is 9.82. The second-order valence-electron chi connectivity index (χ2n) is 7.42. The van der Waals surface area contributed by atoms with Gasteiger partial charge < -0.3 is 15.3 Å². The summed E-state index contributed by atoms with van der Waals surface area (Å²) in [5.74, 6) is 0.231. The van der Waals surface area contributed by atoms with E-state index in [-0.39, 0.29) is 18.1 Å². The predicted octanol–water partition coefficient (Wildman–Crippen LogP) is 4.08. The number of carbonyl (C=O) groups excluding carboxylic acids is 1. The molecule has 0 bridgehead atoms. The lowest BCUT2D eigenvalue weighted by Crippen LogP contribution is -2.43. The molecule has 0 aliphatic carbocycles. The molecule has 144 valence electrons. The van der Waals surface area contributed by atoms with Gasteiger partial charge in [0.2, 0.25) is 0 Å². The number of hydrogen-bond acceptors (Lipinski definition) is 3. The number of nitrogens with one attached hydrogen (secondary N) is 1. The number of fused-ring (bicyclic) bond motifs is 1. The van der Waals surface area contributed by atoms with Crippen LogP contribution >= 0.6 is 0 Å². The Kier molecular flexibility index (Phi) is 5.53. The van der Waals surface area contributed by atoms with E-state index < -0.39 is 0 Å². The minimum Gasteiger partial charge on any atom is -0.392 e. The van der Waals surface area contributed by atoms with Crippen LogP contribution in [0.4, 0.5) is 10.5 Å². The zero-order valence-corrected chi connectivity index (χ0v) is 15.8. The molecule has 1 atom stereocenters. The summed E-state index contributed by atoms with van der Waals surface area (Å²) in [5.41, 5.74) is 2.77. The molecule has 2 amide bonds. The number of aromatic nitrogens is 1. The van der Waals surface area contributed by atoms with Gasteiger partial charge in [0.05, 0.1) is 11.6 Å². The number of aliphatic hydroxyl groups excluding tert-OH is 1. The molecule has 4 rings (SSSR count). The van der Waals surface area contributed by atoms with Crippen molar-refractivity contribution in [1.82, 2.24) is 9.88 Å². The number of carbonyl (C=O) groups is 1. The number of rotatable bonds is 4. The first kappa shape index (κ1) is 18.4. The Morgan fingerprint density at radius 2 is 1.89 bits per heavy atom. The van der Waals surface area contributed by atoms with Gasteiger partial charge in [-0.05, 0) is 48.9 Å². The number of pyridine rings is 1. The van der Waals surface area contributed by atoms with E-state index >= 15 is 0 Å². The fraction of sp³-hybridized carbons (Fsp3) is 0.304. The highest BCUT2D eigenvalue weighted by atomic mass is 16.3. The predicted molar refractivity (Wildman–Crippen MR) is 111 cm³/mol. The SMILES string of the molecule is O=C(Nc1ccc2cccnc2c1)N1CCC([C@@H](O)Cc2ccccc2)CC1. The van der Waals surface area contributed by atoms with E-state index in [9.17, 15) is 9.90 Å². The zero-order valence-electron chi connectivity index (χ0n) is 15.8. The fourth-order valence-electron chi connectivity index (χ4n) is 3.86. The topological polar surface area (TPSA) is 65.5 Å². The third-order valence-electron chi connectivity index (χ3n) is 5.52. The summed E-state index contributed by atoms with van der Waals surface area (Å²) in [4.78, 5) is 18.8. The Morgan fingerprint density at radius 1 is 1.11 bits per heavy atom. The van der Waals surface area contributed by atoms with Gasteiger partial charge in [-0.25, -0.2) is 4.79 Å². The van der Waals surface area contributed by atoms with E-state index in [1.807, 2.05) is 65.6 Å². The molecular weight excluding hydrogens is 350 g/mol. The Balaban J connectivity index is 1.30. The van der Waals surface area contributed by atoms with E-state index in [1.165, 1.54) is 0 Å². The van der Waals surface area contributed by atoms with Crippen molar-refractivity contribution in [2.75, 3.05) is 18.4 Å². The number of urea groups is 1. The average Bonchev–Trinajstić information content (AvgIpc) is 2.74. The van der Waals surface area contributed by atoms with Gasteiger partial charge >= 0.3 is 6.03 Å². The maximum atomic E-state index is 12.6. The molecule has 1 aliphatic rings. The van der Waals surface area contributed by atoms with E-state index in [0.717, 1.165) is 35.0 Å². The first-order valence-electron chi connectivity index (χ1n) is 9.82. The Labute approximate surface area is 165 Å².